The van der Waals surface area contributed by atoms with Crippen molar-refractivity contribution in [2.45, 2.75) is 19.0 Å². The van der Waals surface area contributed by atoms with Crippen molar-refractivity contribution in [1.82, 2.24) is 0 Å². The molecule has 0 bridgehead atoms. The van der Waals surface area contributed by atoms with E-state index in [1.54, 1.807) is 0 Å². The van der Waals surface area contributed by atoms with Gasteiger partial charge in [-0.2, -0.15) is 13.2 Å². The minimum absolute atomic E-state index is 0.208. The molecule has 0 nitrogen and oxygen atoms in total. The molecule has 1 aromatic carbocycles. The number of aryl methyl sites for hydroxylation is 1. The van der Waals surface area contributed by atoms with Gasteiger partial charge in [-0.1, -0.05) is 30.7 Å². The lowest BCUT2D eigenvalue weighted by Gasteiger charge is -2.13. The second-order valence-electron chi connectivity index (χ2n) is 2.88. The molecule has 0 N–H and O–H groups in total. The predicted octanol–water partition coefficient (Wildman–Crippen LogP) is 4.13. The van der Waals surface area contributed by atoms with Crippen LogP contribution in [0, 0.1) is 6.92 Å². The fraction of sp³-hybridized carbons (Fsp3) is 0.300. The molecule has 0 fully saturated rings. The summed E-state index contributed by atoms with van der Waals surface area (Å²) < 4.78 is 37.6. The summed E-state index contributed by atoms with van der Waals surface area (Å²) in [6.07, 6.45) is -3.68. The summed E-state index contributed by atoms with van der Waals surface area (Å²) in [5.41, 5.74) is -0.523. The molecular formula is C10H9ClF3. The van der Waals surface area contributed by atoms with Crippen molar-refractivity contribution >= 4 is 11.6 Å². The molecule has 0 aromatic heterocycles. The van der Waals surface area contributed by atoms with Gasteiger partial charge < -0.3 is 0 Å². The molecule has 0 aliphatic carbocycles. The Morgan fingerprint density at radius 1 is 1.29 bits per heavy atom. The third kappa shape index (κ3) is 2.41. The Labute approximate surface area is 85.7 Å². The van der Waals surface area contributed by atoms with Crippen LogP contribution in [0.25, 0.3) is 0 Å². The van der Waals surface area contributed by atoms with Crippen molar-refractivity contribution in [2.24, 2.45) is 0 Å². The summed E-state index contributed by atoms with van der Waals surface area (Å²) in [6, 6.07) is 4.19. The molecular weight excluding hydrogens is 213 g/mol. The number of rotatable bonds is 2. The average molecular weight is 222 g/mol. The zero-order chi connectivity index (χ0) is 10.8. The Morgan fingerprint density at radius 2 is 1.93 bits per heavy atom. The lowest BCUT2D eigenvalue weighted by atomic mass is 10.0. The first kappa shape index (κ1) is 11.4. The highest BCUT2D eigenvalue weighted by Gasteiger charge is 2.35. The summed E-state index contributed by atoms with van der Waals surface area (Å²) in [5, 5.41) is -0.247. The molecule has 1 radical (unpaired) electrons. The first-order chi connectivity index (χ1) is 6.46. The van der Waals surface area contributed by atoms with E-state index in [9.17, 15) is 13.2 Å². The zero-order valence-electron chi connectivity index (χ0n) is 7.37. The van der Waals surface area contributed by atoms with Crippen LogP contribution in [0.15, 0.2) is 18.2 Å². The predicted molar refractivity (Wildman–Crippen MR) is 50.1 cm³/mol. The molecule has 0 heterocycles. The van der Waals surface area contributed by atoms with Gasteiger partial charge in [-0.15, -0.1) is 0 Å². The molecule has 0 aliphatic rings. The van der Waals surface area contributed by atoms with Crippen molar-refractivity contribution in [3.05, 3.63) is 41.3 Å². The maximum Gasteiger partial charge on any atom is 0.418 e. The normalized spacial score (nSPS) is 11.8. The van der Waals surface area contributed by atoms with Crippen LogP contribution in [-0.4, -0.2) is 0 Å². The summed E-state index contributed by atoms with van der Waals surface area (Å²) in [5.74, 6) is 0. The van der Waals surface area contributed by atoms with E-state index in [0.29, 0.717) is 6.42 Å². The summed E-state index contributed by atoms with van der Waals surface area (Å²) in [4.78, 5) is 0. The van der Waals surface area contributed by atoms with Gasteiger partial charge in [0.2, 0.25) is 0 Å². The van der Waals surface area contributed by atoms with Gasteiger partial charge in [-0.25, -0.2) is 0 Å². The second kappa shape index (κ2) is 4.22. The first-order valence-electron chi connectivity index (χ1n) is 4.10. The van der Waals surface area contributed by atoms with Crippen LogP contribution in [0.5, 0.6) is 0 Å². The number of alkyl halides is 3. The average Bonchev–Trinajstić information content (AvgIpc) is 2.02. The van der Waals surface area contributed by atoms with Crippen molar-refractivity contribution in [2.75, 3.05) is 0 Å². The molecule has 0 atom stereocenters. The Hall–Kier alpha value is -0.700. The van der Waals surface area contributed by atoms with Gasteiger partial charge in [0.25, 0.3) is 0 Å². The highest BCUT2D eigenvalue weighted by molar-refractivity contribution is 6.31. The van der Waals surface area contributed by atoms with Gasteiger partial charge in [-0.05, 0) is 24.5 Å². The van der Waals surface area contributed by atoms with Gasteiger partial charge in [0.1, 0.15) is 0 Å². The van der Waals surface area contributed by atoms with Crippen molar-refractivity contribution < 1.29 is 13.2 Å². The van der Waals surface area contributed by atoms with Crippen LogP contribution in [0.2, 0.25) is 5.02 Å². The number of hydrogen-bond donors (Lipinski definition) is 0. The fourth-order valence-electron chi connectivity index (χ4n) is 1.29. The molecule has 0 amide bonds. The lowest BCUT2D eigenvalue weighted by molar-refractivity contribution is -0.138. The SMILES string of the molecule is [CH2]CCc1cccc(Cl)c1C(F)(F)F. The van der Waals surface area contributed by atoms with Gasteiger partial charge >= 0.3 is 6.18 Å². The smallest absolute Gasteiger partial charge is 0.166 e. The molecule has 4 heteroatoms. The molecule has 14 heavy (non-hydrogen) atoms. The topological polar surface area (TPSA) is 0 Å². The summed E-state index contributed by atoms with van der Waals surface area (Å²) >= 11 is 5.51. The van der Waals surface area contributed by atoms with Crippen molar-refractivity contribution in [3.8, 4) is 0 Å². The second-order valence-corrected chi connectivity index (χ2v) is 3.28. The summed E-state index contributed by atoms with van der Waals surface area (Å²) in [7, 11) is 0. The van der Waals surface area contributed by atoms with Crippen molar-refractivity contribution in [1.29, 1.82) is 0 Å². The minimum atomic E-state index is -4.39. The quantitative estimate of drug-likeness (QED) is 0.705. The van der Waals surface area contributed by atoms with E-state index in [2.05, 4.69) is 6.92 Å². The fourth-order valence-corrected chi connectivity index (χ4v) is 1.59. The van der Waals surface area contributed by atoms with E-state index in [0.717, 1.165) is 0 Å². The Balaban J connectivity index is 3.22. The zero-order valence-corrected chi connectivity index (χ0v) is 8.12. The number of halogens is 4. The van der Waals surface area contributed by atoms with Gasteiger partial charge in [0.15, 0.2) is 0 Å². The van der Waals surface area contributed by atoms with Crippen LogP contribution in [-0.2, 0) is 12.6 Å². The third-order valence-electron chi connectivity index (χ3n) is 1.83. The van der Waals surface area contributed by atoms with E-state index in [1.807, 2.05) is 0 Å². The molecule has 0 saturated heterocycles. The summed E-state index contributed by atoms with van der Waals surface area (Å²) in [6.45, 7) is 3.52. The number of hydrogen-bond acceptors (Lipinski definition) is 0. The maximum atomic E-state index is 12.5. The van der Waals surface area contributed by atoms with Gasteiger partial charge in [0.05, 0.1) is 10.6 Å². The van der Waals surface area contributed by atoms with Crippen LogP contribution >= 0.6 is 11.6 Å². The Kier molecular flexibility index (Phi) is 3.43. The standard InChI is InChI=1S/C10H9ClF3/c1-2-4-7-5-3-6-8(11)9(7)10(12,13)14/h3,5-6H,1-2,4H2. The Bertz CT molecular complexity index is 318. The molecule has 77 valence electrons. The first-order valence-corrected chi connectivity index (χ1v) is 4.48. The monoisotopic (exact) mass is 221 g/mol. The highest BCUT2D eigenvalue weighted by Crippen LogP contribution is 2.37. The van der Waals surface area contributed by atoms with Gasteiger partial charge in [-0.3, -0.25) is 0 Å². The molecule has 0 aliphatic heterocycles. The van der Waals surface area contributed by atoms with Gasteiger partial charge in [0, 0.05) is 0 Å². The largest absolute Gasteiger partial charge is 0.418 e. The number of benzene rings is 1. The minimum Gasteiger partial charge on any atom is -0.166 e. The van der Waals surface area contributed by atoms with E-state index in [1.165, 1.54) is 18.2 Å². The van der Waals surface area contributed by atoms with E-state index in [4.69, 9.17) is 11.6 Å². The van der Waals surface area contributed by atoms with E-state index >= 15 is 0 Å². The molecule has 0 spiro atoms. The van der Waals surface area contributed by atoms with E-state index < -0.39 is 11.7 Å². The maximum absolute atomic E-state index is 12.5. The highest BCUT2D eigenvalue weighted by atomic mass is 35.5. The third-order valence-corrected chi connectivity index (χ3v) is 2.14. The molecule has 1 rings (SSSR count). The van der Waals surface area contributed by atoms with Crippen LogP contribution in [0.3, 0.4) is 0 Å². The molecule has 0 saturated carbocycles. The van der Waals surface area contributed by atoms with Crippen LogP contribution in [0.4, 0.5) is 13.2 Å². The molecule has 0 unspecified atom stereocenters. The van der Waals surface area contributed by atoms with Crippen LogP contribution < -0.4 is 0 Å². The lowest BCUT2D eigenvalue weighted by Crippen LogP contribution is -2.10. The Morgan fingerprint density at radius 3 is 2.43 bits per heavy atom. The van der Waals surface area contributed by atoms with E-state index in [-0.39, 0.29) is 17.0 Å². The van der Waals surface area contributed by atoms with Crippen molar-refractivity contribution in [3.63, 3.8) is 0 Å². The van der Waals surface area contributed by atoms with Crippen LogP contribution in [0.1, 0.15) is 17.5 Å². The molecule has 1 aromatic rings.